The van der Waals surface area contributed by atoms with E-state index in [1.165, 1.54) is 12.1 Å². The highest BCUT2D eigenvalue weighted by Gasteiger charge is 2.16. The Balaban J connectivity index is 1.54. The van der Waals surface area contributed by atoms with Gasteiger partial charge in [-0.05, 0) is 67.9 Å². The fourth-order valence-electron chi connectivity index (χ4n) is 2.99. The van der Waals surface area contributed by atoms with Crippen molar-refractivity contribution in [2.24, 2.45) is 0 Å². The van der Waals surface area contributed by atoms with E-state index in [0.29, 0.717) is 31.1 Å². The molecule has 0 saturated heterocycles. The van der Waals surface area contributed by atoms with Crippen molar-refractivity contribution in [3.8, 4) is 5.75 Å². The maximum atomic E-state index is 12.7. The van der Waals surface area contributed by atoms with E-state index in [9.17, 15) is 13.2 Å². The van der Waals surface area contributed by atoms with Crippen molar-refractivity contribution >= 4 is 27.3 Å². The van der Waals surface area contributed by atoms with E-state index in [2.05, 4.69) is 15.4 Å². The van der Waals surface area contributed by atoms with Gasteiger partial charge in [-0.2, -0.15) is 0 Å². The third kappa shape index (κ3) is 6.75. The van der Waals surface area contributed by atoms with Crippen LogP contribution >= 0.6 is 0 Å². The van der Waals surface area contributed by atoms with Gasteiger partial charge in [-0.1, -0.05) is 24.3 Å². The van der Waals surface area contributed by atoms with Crippen molar-refractivity contribution in [2.45, 2.75) is 18.2 Å². The van der Waals surface area contributed by atoms with E-state index >= 15 is 0 Å². The van der Waals surface area contributed by atoms with Gasteiger partial charge in [-0.25, -0.2) is 8.42 Å². The van der Waals surface area contributed by atoms with E-state index in [1.807, 2.05) is 37.3 Å². The largest absolute Gasteiger partial charge is 0.494 e. The second kappa shape index (κ2) is 11.2. The molecule has 0 unspecified atom stereocenters. The van der Waals surface area contributed by atoms with Gasteiger partial charge >= 0.3 is 0 Å². The highest BCUT2D eigenvalue weighted by atomic mass is 32.2. The number of amides is 1. The van der Waals surface area contributed by atoms with E-state index in [0.717, 1.165) is 12.1 Å². The van der Waals surface area contributed by atoms with E-state index in [-0.39, 0.29) is 16.4 Å². The molecule has 0 bridgehead atoms. The van der Waals surface area contributed by atoms with Crippen LogP contribution in [0.25, 0.3) is 0 Å². The molecule has 0 aliphatic rings. The number of nitrogens with one attached hydrogen (secondary N) is 3. The smallest absolute Gasteiger partial charge is 0.261 e. The zero-order chi connectivity index (χ0) is 22.8. The van der Waals surface area contributed by atoms with Gasteiger partial charge in [0.05, 0.1) is 11.5 Å². The number of sulfonamides is 1. The summed E-state index contributed by atoms with van der Waals surface area (Å²) in [6, 6.07) is 22.4. The fourth-order valence-corrected chi connectivity index (χ4v) is 4.09. The van der Waals surface area contributed by atoms with Gasteiger partial charge in [0.15, 0.2) is 0 Å². The zero-order valence-electron chi connectivity index (χ0n) is 17.9. The van der Waals surface area contributed by atoms with E-state index < -0.39 is 10.0 Å². The number of benzene rings is 3. The van der Waals surface area contributed by atoms with Crippen molar-refractivity contribution in [3.05, 3.63) is 84.4 Å². The first kappa shape index (κ1) is 23.1. The summed E-state index contributed by atoms with van der Waals surface area (Å²) in [4.78, 5) is 12.5. The van der Waals surface area contributed by atoms with Crippen LogP contribution in [0.1, 0.15) is 23.7 Å². The molecule has 3 aromatic rings. The molecule has 0 saturated carbocycles. The molecule has 0 atom stereocenters. The van der Waals surface area contributed by atoms with E-state index in [4.69, 9.17) is 4.74 Å². The summed E-state index contributed by atoms with van der Waals surface area (Å²) in [7, 11) is -3.84. The molecular formula is C24H27N3O4S. The average molecular weight is 454 g/mol. The molecule has 0 heterocycles. The van der Waals surface area contributed by atoms with Crippen molar-refractivity contribution in [2.75, 3.05) is 29.7 Å². The quantitative estimate of drug-likeness (QED) is 0.380. The van der Waals surface area contributed by atoms with Crippen LogP contribution in [0.15, 0.2) is 83.8 Å². The summed E-state index contributed by atoms with van der Waals surface area (Å²) in [5, 5.41) is 6.10. The Hall–Kier alpha value is -3.52. The van der Waals surface area contributed by atoms with Crippen molar-refractivity contribution in [1.29, 1.82) is 0 Å². The highest BCUT2D eigenvalue weighted by Crippen LogP contribution is 2.20. The first-order chi connectivity index (χ1) is 15.5. The Bertz CT molecular complexity index is 1120. The van der Waals surface area contributed by atoms with Crippen LogP contribution in [-0.2, 0) is 10.0 Å². The van der Waals surface area contributed by atoms with Gasteiger partial charge in [0, 0.05) is 30.0 Å². The van der Waals surface area contributed by atoms with Gasteiger partial charge in [-0.15, -0.1) is 0 Å². The maximum Gasteiger partial charge on any atom is 0.261 e. The molecule has 1 amide bonds. The van der Waals surface area contributed by atoms with Crippen LogP contribution in [0.3, 0.4) is 0 Å². The minimum atomic E-state index is -3.84. The third-order valence-electron chi connectivity index (χ3n) is 4.57. The second-order valence-corrected chi connectivity index (χ2v) is 8.68. The molecule has 3 N–H and O–H groups in total. The van der Waals surface area contributed by atoms with Crippen LogP contribution in [-0.4, -0.2) is 34.0 Å². The highest BCUT2D eigenvalue weighted by molar-refractivity contribution is 7.92. The van der Waals surface area contributed by atoms with Crippen LogP contribution in [0.4, 0.5) is 11.4 Å². The third-order valence-corrected chi connectivity index (χ3v) is 5.95. The van der Waals surface area contributed by atoms with Crippen molar-refractivity contribution < 1.29 is 17.9 Å². The van der Waals surface area contributed by atoms with Gasteiger partial charge in [0.1, 0.15) is 5.75 Å². The monoisotopic (exact) mass is 453 g/mol. The Labute approximate surface area is 188 Å². The van der Waals surface area contributed by atoms with E-state index in [1.54, 1.807) is 36.4 Å². The lowest BCUT2D eigenvalue weighted by Crippen LogP contribution is -2.26. The zero-order valence-corrected chi connectivity index (χ0v) is 18.7. The maximum absolute atomic E-state index is 12.7. The summed E-state index contributed by atoms with van der Waals surface area (Å²) in [5.74, 6) is 0.343. The number of anilines is 2. The number of para-hydroxylation sites is 1. The molecule has 0 radical (unpaired) electrons. The molecule has 7 nitrogen and oxygen atoms in total. The van der Waals surface area contributed by atoms with Crippen LogP contribution in [0, 0.1) is 0 Å². The Morgan fingerprint density at radius 1 is 0.875 bits per heavy atom. The van der Waals surface area contributed by atoms with Crippen molar-refractivity contribution in [1.82, 2.24) is 5.32 Å². The second-order valence-electron chi connectivity index (χ2n) is 6.99. The Morgan fingerprint density at radius 2 is 1.62 bits per heavy atom. The topological polar surface area (TPSA) is 96.5 Å². The molecular weight excluding hydrogens is 426 g/mol. The molecule has 168 valence electrons. The lowest BCUT2D eigenvalue weighted by Gasteiger charge is -2.11. The first-order valence-electron chi connectivity index (χ1n) is 10.4. The molecule has 3 rings (SSSR count). The molecule has 0 aliphatic heterocycles. The molecule has 0 aromatic heterocycles. The summed E-state index contributed by atoms with van der Waals surface area (Å²) in [6.07, 6.45) is 0.734. The normalized spacial score (nSPS) is 10.9. The number of ether oxygens (including phenoxy) is 1. The molecule has 0 spiro atoms. The molecule has 32 heavy (non-hydrogen) atoms. The van der Waals surface area contributed by atoms with Gasteiger partial charge in [0.2, 0.25) is 0 Å². The number of carbonyl (C=O) groups excluding carboxylic acids is 1. The first-order valence-corrected chi connectivity index (χ1v) is 11.9. The average Bonchev–Trinajstić information content (AvgIpc) is 2.81. The lowest BCUT2D eigenvalue weighted by atomic mass is 10.2. The SMILES string of the molecule is CCOc1ccc(NS(=O)(=O)c2cccc(C(=O)NCCCNc3ccccc3)c2)cc1. The van der Waals surface area contributed by atoms with Gasteiger partial charge < -0.3 is 15.4 Å². The minimum absolute atomic E-state index is 0.0183. The number of hydrogen-bond acceptors (Lipinski definition) is 5. The van der Waals surface area contributed by atoms with Crippen molar-refractivity contribution in [3.63, 3.8) is 0 Å². The summed E-state index contributed by atoms with van der Waals surface area (Å²) in [5.41, 5.74) is 1.72. The molecule has 8 heteroatoms. The van der Waals surface area contributed by atoms with Gasteiger partial charge in [-0.3, -0.25) is 9.52 Å². The fraction of sp³-hybridized carbons (Fsp3) is 0.208. The van der Waals surface area contributed by atoms with Crippen LogP contribution in [0.2, 0.25) is 0 Å². The minimum Gasteiger partial charge on any atom is -0.494 e. The number of carbonyl (C=O) groups is 1. The predicted molar refractivity (Wildman–Crippen MR) is 127 cm³/mol. The summed E-state index contributed by atoms with van der Waals surface area (Å²) < 4.78 is 33.4. The molecule has 3 aromatic carbocycles. The van der Waals surface area contributed by atoms with Crippen LogP contribution < -0.4 is 20.1 Å². The Kier molecular flexibility index (Phi) is 8.10. The predicted octanol–water partition coefficient (Wildman–Crippen LogP) is 4.12. The summed E-state index contributed by atoms with van der Waals surface area (Å²) in [6.45, 7) is 3.59. The lowest BCUT2D eigenvalue weighted by molar-refractivity contribution is 0.0953. The Morgan fingerprint density at radius 3 is 2.34 bits per heavy atom. The molecule has 0 aliphatic carbocycles. The number of hydrogen-bond donors (Lipinski definition) is 3. The molecule has 0 fully saturated rings. The summed E-state index contributed by atoms with van der Waals surface area (Å²) >= 11 is 0. The van der Waals surface area contributed by atoms with Gasteiger partial charge in [0.25, 0.3) is 15.9 Å². The van der Waals surface area contributed by atoms with Crippen LogP contribution in [0.5, 0.6) is 5.75 Å². The number of rotatable bonds is 11. The standard InChI is InChI=1S/C24H27N3O4S/c1-2-31-22-14-12-21(13-15-22)27-32(29,30)23-11-6-8-19(18-23)24(28)26-17-7-16-25-20-9-4-3-5-10-20/h3-6,8-15,18,25,27H,2,7,16-17H2,1H3,(H,26,28).